The molecule has 7 aromatic carbocycles. The van der Waals surface area contributed by atoms with Crippen LogP contribution in [0.4, 0.5) is 0 Å². The van der Waals surface area contributed by atoms with Gasteiger partial charge in [0.25, 0.3) is 0 Å². The van der Waals surface area contributed by atoms with Crippen molar-refractivity contribution in [1.82, 2.24) is 19.9 Å². The largest absolute Gasteiger partial charge is 0.455 e. The molecule has 0 atom stereocenters. The highest BCUT2D eigenvalue weighted by Crippen LogP contribution is 2.37. The van der Waals surface area contributed by atoms with Gasteiger partial charge in [-0.15, -0.1) is 0 Å². The molecule has 49 heavy (non-hydrogen) atoms. The van der Waals surface area contributed by atoms with Crippen molar-refractivity contribution >= 4 is 54.4 Å². The maximum Gasteiger partial charge on any atom is 0.167 e. The van der Waals surface area contributed by atoms with Gasteiger partial charge in [0, 0.05) is 32.8 Å². The summed E-state index contributed by atoms with van der Waals surface area (Å²) in [7, 11) is 0. The van der Waals surface area contributed by atoms with Gasteiger partial charge >= 0.3 is 0 Å². The number of benzene rings is 7. The number of para-hydroxylation sites is 3. The van der Waals surface area contributed by atoms with Crippen LogP contribution in [0.2, 0.25) is 0 Å². The van der Waals surface area contributed by atoms with Crippen molar-refractivity contribution in [3.8, 4) is 45.4 Å². The molecular weight excluding hydrogens is 601 g/mol. The number of hydrogen-bond acceptors (Lipinski definition) is 5. The van der Waals surface area contributed by atoms with Crippen molar-refractivity contribution in [3.63, 3.8) is 0 Å². The summed E-state index contributed by atoms with van der Waals surface area (Å²) in [5.41, 5.74) is 7.16. The van der Waals surface area contributed by atoms with Gasteiger partial charge in [0.1, 0.15) is 11.2 Å². The summed E-state index contributed by atoms with van der Waals surface area (Å²) in [5.74, 6) is 1.75. The summed E-state index contributed by atoms with van der Waals surface area (Å²) >= 11 is 0. The summed E-state index contributed by atoms with van der Waals surface area (Å²) in [6, 6.07) is 54.1. The smallest absolute Gasteiger partial charge is 0.167 e. The second-order valence-electron chi connectivity index (χ2n) is 12.3. The zero-order valence-electron chi connectivity index (χ0n) is 26.2. The lowest BCUT2D eigenvalue weighted by atomic mass is 9.99. The van der Waals surface area contributed by atoms with E-state index in [2.05, 4.69) is 115 Å². The minimum absolute atomic E-state index is 0.558. The molecule has 0 radical (unpaired) electrons. The van der Waals surface area contributed by atoms with E-state index >= 15 is 0 Å². The molecule has 5 heteroatoms. The Morgan fingerprint density at radius 1 is 0.367 bits per heavy atom. The molecule has 0 aliphatic heterocycles. The van der Waals surface area contributed by atoms with Crippen molar-refractivity contribution < 1.29 is 4.42 Å². The van der Waals surface area contributed by atoms with Crippen molar-refractivity contribution in [2.75, 3.05) is 0 Å². The van der Waals surface area contributed by atoms with Gasteiger partial charge in [0.2, 0.25) is 0 Å². The average Bonchev–Trinajstić information content (AvgIpc) is 3.56. The van der Waals surface area contributed by atoms with Crippen LogP contribution in [0.25, 0.3) is 99.8 Å². The summed E-state index contributed by atoms with van der Waals surface area (Å²) < 4.78 is 6.44. The number of hydrogen-bond donors (Lipinski definition) is 0. The van der Waals surface area contributed by atoms with Crippen molar-refractivity contribution in [2.45, 2.75) is 0 Å². The van der Waals surface area contributed by atoms with Gasteiger partial charge in [-0.25, -0.2) is 19.9 Å². The van der Waals surface area contributed by atoms with Crippen LogP contribution in [-0.4, -0.2) is 19.9 Å². The Labute approximate surface area is 281 Å². The Morgan fingerprint density at radius 2 is 1.02 bits per heavy atom. The van der Waals surface area contributed by atoms with Crippen LogP contribution < -0.4 is 0 Å². The third-order valence-electron chi connectivity index (χ3n) is 9.31. The van der Waals surface area contributed by atoms with E-state index in [1.807, 2.05) is 42.5 Å². The van der Waals surface area contributed by atoms with Crippen LogP contribution in [0.1, 0.15) is 0 Å². The first kappa shape index (κ1) is 27.4. The van der Waals surface area contributed by atoms with Crippen LogP contribution in [0, 0.1) is 0 Å². The van der Waals surface area contributed by atoms with Crippen LogP contribution >= 0.6 is 0 Å². The maximum atomic E-state index is 6.44. The highest BCUT2D eigenvalue weighted by molar-refractivity contribution is 6.09. The number of rotatable bonds is 4. The molecule has 0 amide bonds. The van der Waals surface area contributed by atoms with Crippen molar-refractivity contribution in [2.24, 2.45) is 0 Å². The minimum Gasteiger partial charge on any atom is -0.455 e. The van der Waals surface area contributed by atoms with Gasteiger partial charge in [-0.05, 0) is 57.9 Å². The molecule has 0 spiro atoms. The monoisotopic (exact) mass is 626 g/mol. The minimum atomic E-state index is 0.558. The quantitative estimate of drug-likeness (QED) is 0.194. The van der Waals surface area contributed by atoms with E-state index in [9.17, 15) is 0 Å². The number of aromatic nitrogens is 4. The first-order valence-electron chi connectivity index (χ1n) is 16.3. The fourth-order valence-electron chi connectivity index (χ4n) is 6.85. The number of fused-ring (bicyclic) bond motifs is 6. The third kappa shape index (κ3) is 4.63. The second-order valence-corrected chi connectivity index (χ2v) is 12.3. The van der Waals surface area contributed by atoms with E-state index in [0.717, 1.165) is 82.3 Å². The molecule has 0 N–H and O–H groups in total. The zero-order valence-corrected chi connectivity index (χ0v) is 26.2. The van der Waals surface area contributed by atoms with Gasteiger partial charge in [-0.1, -0.05) is 121 Å². The summed E-state index contributed by atoms with van der Waals surface area (Å²) in [4.78, 5) is 20.4. The molecule has 0 fully saturated rings. The fraction of sp³-hybridized carbons (Fsp3) is 0. The molecule has 3 aromatic heterocycles. The highest BCUT2D eigenvalue weighted by atomic mass is 16.3. The van der Waals surface area contributed by atoms with E-state index in [-0.39, 0.29) is 0 Å². The Kier molecular flexibility index (Phi) is 6.11. The molecule has 0 aliphatic rings. The molecule has 10 aromatic rings. The lowest BCUT2D eigenvalue weighted by molar-refractivity contribution is 0.669. The number of furan rings is 1. The number of nitrogens with zero attached hydrogens (tertiary/aromatic N) is 4. The summed E-state index contributed by atoms with van der Waals surface area (Å²) in [6.45, 7) is 0. The predicted molar refractivity (Wildman–Crippen MR) is 199 cm³/mol. The highest BCUT2D eigenvalue weighted by Gasteiger charge is 2.19. The van der Waals surface area contributed by atoms with Crippen molar-refractivity contribution in [3.05, 3.63) is 158 Å². The van der Waals surface area contributed by atoms with E-state index in [1.54, 1.807) is 0 Å². The topological polar surface area (TPSA) is 64.7 Å². The molecule has 5 nitrogen and oxygen atoms in total. The lowest BCUT2D eigenvalue weighted by Gasteiger charge is -2.12. The molecule has 10 rings (SSSR count). The Hall–Kier alpha value is -6.72. The van der Waals surface area contributed by atoms with E-state index in [4.69, 9.17) is 24.4 Å². The van der Waals surface area contributed by atoms with Gasteiger partial charge in [0.05, 0.1) is 16.8 Å². The van der Waals surface area contributed by atoms with E-state index in [1.165, 1.54) is 0 Å². The Balaban J connectivity index is 1.21. The second kappa shape index (κ2) is 10.9. The molecule has 0 saturated heterocycles. The van der Waals surface area contributed by atoms with Crippen LogP contribution in [0.5, 0.6) is 0 Å². The van der Waals surface area contributed by atoms with E-state index in [0.29, 0.717) is 17.5 Å². The fourth-order valence-corrected chi connectivity index (χ4v) is 6.85. The average molecular weight is 627 g/mol. The van der Waals surface area contributed by atoms with E-state index < -0.39 is 0 Å². The lowest BCUT2D eigenvalue weighted by Crippen LogP contribution is -2.01. The van der Waals surface area contributed by atoms with Crippen molar-refractivity contribution in [1.29, 1.82) is 0 Å². The SMILES string of the molecule is c1ccc2cc(-c3nc(-c4cccc5ccc(-c6ccc7ccccc7n6)cc45)nc(-c4cccc5c4oc4ccccc45)n3)ccc2c1. The standard InChI is InChI=1S/C44H26N4O/c1-2-11-30-25-32(22-19-27(30)9-1)42-46-43(48-44(47-42)36-16-8-14-34-33-13-4-6-18-40(33)49-41(34)36)35-15-7-12-28-20-21-31(26-37(28)35)39-24-23-29-10-3-5-17-38(29)45-39/h1-26H. The normalized spacial score (nSPS) is 11.7. The first-order valence-corrected chi connectivity index (χ1v) is 16.3. The molecule has 0 saturated carbocycles. The summed E-state index contributed by atoms with van der Waals surface area (Å²) in [6.07, 6.45) is 0. The maximum absolute atomic E-state index is 6.44. The van der Waals surface area contributed by atoms with Crippen LogP contribution in [0.3, 0.4) is 0 Å². The Bertz CT molecular complexity index is 2910. The summed E-state index contributed by atoms with van der Waals surface area (Å²) in [5, 5.41) is 7.63. The van der Waals surface area contributed by atoms with Gasteiger partial charge in [0.15, 0.2) is 17.5 Å². The number of pyridine rings is 1. The van der Waals surface area contributed by atoms with Crippen LogP contribution in [0.15, 0.2) is 162 Å². The molecule has 3 heterocycles. The van der Waals surface area contributed by atoms with Crippen LogP contribution in [-0.2, 0) is 0 Å². The van der Waals surface area contributed by atoms with Gasteiger partial charge < -0.3 is 4.42 Å². The molecule has 0 bridgehead atoms. The molecule has 0 unspecified atom stereocenters. The third-order valence-corrected chi connectivity index (χ3v) is 9.31. The zero-order chi connectivity index (χ0) is 32.3. The molecule has 228 valence electrons. The predicted octanol–water partition coefficient (Wildman–Crippen LogP) is 11.3. The van der Waals surface area contributed by atoms with Gasteiger partial charge in [-0.2, -0.15) is 0 Å². The first-order chi connectivity index (χ1) is 24.2. The molecule has 0 aliphatic carbocycles. The Morgan fingerprint density at radius 3 is 1.96 bits per heavy atom. The molecular formula is C44H26N4O. The van der Waals surface area contributed by atoms with Gasteiger partial charge in [-0.3, -0.25) is 0 Å².